The van der Waals surface area contributed by atoms with Crippen LogP contribution in [0.2, 0.25) is 0 Å². The van der Waals surface area contributed by atoms with Crippen LogP contribution in [-0.2, 0) is 25.8 Å². The molecule has 194 valence electrons. The molecule has 0 aliphatic carbocycles. The molecule has 0 aromatic heterocycles. The van der Waals surface area contributed by atoms with E-state index in [9.17, 15) is 22.4 Å². The van der Waals surface area contributed by atoms with Gasteiger partial charge in [-0.2, -0.15) is 0 Å². The van der Waals surface area contributed by atoms with Gasteiger partial charge in [-0.3, -0.25) is 9.59 Å². The van der Waals surface area contributed by atoms with Crippen molar-refractivity contribution < 1.29 is 31.2 Å². The third-order valence-electron chi connectivity index (χ3n) is 6.55. The van der Waals surface area contributed by atoms with E-state index in [1.54, 1.807) is 19.1 Å². The SMILES string of the molecule is Cc1ccc(CC(=O)C[C@@H]2CCCN(c3ccc(-c4ccccc4S(C)(=O)=O)c(F)c3F)C2=O)c(F)c1. The van der Waals surface area contributed by atoms with Gasteiger partial charge < -0.3 is 4.90 Å². The number of ketones is 1. The first-order valence-corrected chi connectivity index (χ1v) is 13.7. The van der Waals surface area contributed by atoms with E-state index in [2.05, 4.69) is 0 Å². The molecular formula is C28H26F3NO4S. The Hall–Kier alpha value is -3.46. The number of anilines is 1. The molecule has 0 spiro atoms. The zero-order chi connectivity index (χ0) is 26.9. The van der Waals surface area contributed by atoms with Gasteiger partial charge in [0.05, 0.1) is 10.6 Å². The summed E-state index contributed by atoms with van der Waals surface area (Å²) in [7, 11) is -3.71. The predicted octanol–water partition coefficient (Wildman–Crippen LogP) is 5.43. The average Bonchev–Trinajstić information content (AvgIpc) is 2.84. The molecule has 0 saturated carbocycles. The summed E-state index contributed by atoms with van der Waals surface area (Å²) in [5, 5.41) is 0. The fourth-order valence-corrected chi connectivity index (χ4v) is 5.60. The number of carbonyl (C=O) groups excluding carboxylic acids is 2. The second-order valence-corrected chi connectivity index (χ2v) is 11.4. The van der Waals surface area contributed by atoms with E-state index in [0.717, 1.165) is 16.7 Å². The third-order valence-corrected chi connectivity index (χ3v) is 7.70. The number of hydrogen-bond acceptors (Lipinski definition) is 4. The summed E-state index contributed by atoms with van der Waals surface area (Å²) in [6, 6.07) is 12.8. The second kappa shape index (κ2) is 10.5. The van der Waals surface area contributed by atoms with Gasteiger partial charge in [0.15, 0.2) is 21.5 Å². The highest BCUT2D eigenvalue weighted by molar-refractivity contribution is 7.90. The molecule has 1 fully saturated rings. The van der Waals surface area contributed by atoms with E-state index in [-0.39, 0.29) is 52.4 Å². The first-order chi connectivity index (χ1) is 17.5. The van der Waals surface area contributed by atoms with Gasteiger partial charge in [0, 0.05) is 42.7 Å². The Bertz CT molecular complexity index is 1490. The standard InChI is InChI=1S/C28H26F3NO4S/c1-17-9-10-18(23(29)14-17)15-20(33)16-19-6-5-13-32(28(19)34)24-12-11-22(26(30)27(24)31)21-7-3-4-8-25(21)37(2,35)36/h3-4,7-12,14,19H,5-6,13,15-16H2,1-2H3/t19-/m0/s1. The number of rotatable bonds is 7. The van der Waals surface area contributed by atoms with Crippen molar-refractivity contribution in [3.8, 4) is 11.1 Å². The largest absolute Gasteiger partial charge is 0.309 e. The highest BCUT2D eigenvalue weighted by atomic mass is 32.2. The lowest BCUT2D eigenvalue weighted by molar-refractivity contribution is -0.128. The number of hydrogen-bond donors (Lipinski definition) is 0. The van der Waals surface area contributed by atoms with Crippen LogP contribution in [0.3, 0.4) is 0 Å². The Morgan fingerprint density at radius 3 is 2.43 bits per heavy atom. The Balaban J connectivity index is 1.57. The molecule has 1 heterocycles. The van der Waals surface area contributed by atoms with Gasteiger partial charge in [-0.05, 0) is 55.2 Å². The predicted molar refractivity (Wildman–Crippen MR) is 134 cm³/mol. The zero-order valence-electron chi connectivity index (χ0n) is 20.4. The molecule has 1 aliphatic rings. The molecule has 0 radical (unpaired) electrons. The number of Topliss-reactive ketones (excluding diaryl/α,β-unsaturated/α-hetero) is 1. The number of benzene rings is 3. The molecule has 0 unspecified atom stereocenters. The van der Waals surface area contributed by atoms with Crippen molar-refractivity contribution in [2.24, 2.45) is 5.92 Å². The van der Waals surface area contributed by atoms with E-state index in [0.29, 0.717) is 12.8 Å². The number of piperidine rings is 1. The molecule has 37 heavy (non-hydrogen) atoms. The van der Waals surface area contributed by atoms with Gasteiger partial charge in [0.25, 0.3) is 0 Å². The molecule has 3 aromatic rings. The van der Waals surface area contributed by atoms with E-state index >= 15 is 8.78 Å². The maximum Gasteiger partial charge on any atom is 0.230 e. The van der Waals surface area contributed by atoms with Gasteiger partial charge >= 0.3 is 0 Å². The molecule has 1 amide bonds. The lowest BCUT2D eigenvalue weighted by Gasteiger charge is -2.32. The fourth-order valence-electron chi connectivity index (χ4n) is 4.70. The zero-order valence-corrected chi connectivity index (χ0v) is 21.2. The Kier molecular flexibility index (Phi) is 7.54. The van der Waals surface area contributed by atoms with Gasteiger partial charge in [0.2, 0.25) is 5.91 Å². The van der Waals surface area contributed by atoms with Crippen molar-refractivity contribution in [1.82, 2.24) is 0 Å². The van der Waals surface area contributed by atoms with Gasteiger partial charge in [-0.25, -0.2) is 21.6 Å². The van der Waals surface area contributed by atoms with E-state index in [4.69, 9.17) is 0 Å². The lowest BCUT2D eigenvalue weighted by atomic mass is 9.89. The van der Waals surface area contributed by atoms with Crippen LogP contribution in [0.4, 0.5) is 18.9 Å². The molecule has 0 bridgehead atoms. The maximum atomic E-state index is 15.3. The molecule has 0 N–H and O–H groups in total. The Morgan fingerprint density at radius 2 is 1.73 bits per heavy atom. The van der Waals surface area contributed by atoms with Crippen LogP contribution in [0.25, 0.3) is 11.1 Å². The first-order valence-electron chi connectivity index (χ1n) is 11.8. The number of aryl methyl sites for hydroxylation is 1. The summed E-state index contributed by atoms with van der Waals surface area (Å²) in [5.41, 5.74) is 0.480. The highest BCUT2D eigenvalue weighted by Crippen LogP contribution is 2.36. The van der Waals surface area contributed by atoms with Gasteiger partial charge in [-0.1, -0.05) is 30.3 Å². The van der Waals surface area contributed by atoms with Crippen molar-refractivity contribution in [1.29, 1.82) is 0 Å². The summed E-state index contributed by atoms with van der Waals surface area (Å²) in [5.74, 6) is -4.59. The number of sulfone groups is 1. The third kappa shape index (κ3) is 5.61. The maximum absolute atomic E-state index is 15.3. The second-order valence-electron chi connectivity index (χ2n) is 9.37. The Morgan fingerprint density at radius 1 is 1.00 bits per heavy atom. The highest BCUT2D eigenvalue weighted by Gasteiger charge is 2.34. The molecule has 1 saturated heterocycles. The first kappa shape index (κ1) is 26.6. The molecule has 3 aromatic carbocycles. The van der Waals surface area contributed by atoms with Crippen LogP contribution < -0.4 is 4.90 Å². The molecule has 5 nitrogen and oxygen atoms in total. The molecule has 1 atom stereocenters. The fraction of sp³-hybridized carbons (Fsp3) is 0.286. The Labute approximate surface area is 213 Å². The van der Waals surface area contributed by atoms with Crippen molar-refractivity contribution in [2.75, 3.05) is 17.7 Å². The summed E-state index contributed by atoms with van der Waals surface area (Å²) in [6.45, 7) is 1.88. The van der Waals surface area contributed by atoms with Crippen molar-refractivity contribution in [3.05, 3.63) is 83.2 Å². The van der Waals surface area contributed by atoms with Crippen LogP contribution in [0.1, 0.15) is 30.4 Å². The number of halogens is 3. The summed E-state index contributed by atoms with van der Waals surface area (Å²) < 4.78 is 68.9. The minimum Gasteiger partial charge on any atom is -0.309 e. The smallest absolute Gasteiger partial charge is 0.230 e. The summed E-state index contributed by atoms with van der Waals surface area (Å²) >= 11 is 0. The molecule has 4 rings (SSSR count). The van der Waals surface area contributed by atoms with Crippen LogP contribution in [0.5, 0.6) is 0 Å². The lowest BCUT2D eigenvalue weighted by Crippen LogP contribution is -2.42. The van der Waals surface area contributed by atoms with Crippen LogP contribution in [0.15, 0.2) is 59.5 Å². The van der Waals surface area contributed by atoms with Crippen molar-refractivity contribution >= 4 is 27.2 Å². The van der Waals surface area contributed by atoms with Gasteiger partial charge in [-0.15, -0.1) is 0 Å². The number of amides is 1. The van der Waals surface area contributed by atoms with E-state index in [1.807, 2.05) is 0 Å². The minimum atomic E-state index is -3.71. The van der Waals surface area contributed by atoms with E-state index in [1.165, 1.54) is 42.5 Å². The quantitative estimate of drug-likeness (QED) is 0.409. The van der Waals surface area contributed by atoms with Crippen molar-refractivity contribution in [2.45, 2.75) is 37.5 Å². The topological polar surface area (TPSA) is 71.5 Å². The monoisotopic (exact) mass is 529 g/mol. The van der Waals surface area contributed by atoms with Gasteiger partial charge in [0.1, 0.15) is 11.6 Å². The molecule has 1 aliphatic heterocycles. The van der Waals surface area contributed by atoms with Crippen LogP contribution in [-0.4, -0.2) is 32.9 Å². The molecular weight excluding hydrogens is 503 g/mol. The molecule has 9 heteroatoms. The van der Waals surface area contributed by atoms with Crippen LogP contribution in [0, 0.1) is 30.3 Å². The number of carbonyl (C=O) groups is 2. The van der Waals surface area contributed by atoms with Crippen LogP contribution >= 0.6 is 0 Å². The minimum absolute atomic E-state index is 0.0183. The normalized spacial score (nSPS) is 16.2. The summed E-state index contributed by atoms with van der Waals surface area (Å²) in [4.78, 5) is 26.8. The number of nitrogens with zero attached hydrogens (tertiary/aromatic N) is 1. The van der Waals surface area contributed by atoms with E-state index < -0.39 is 39.1 Å². The summed E-state index contributed by atoms with van der Waals surface area (Å²) in [6.07, 6.45) is 1.57. The average molecular weight is 530 g/mol. The van der Waals surface area contributed by atoms with Crippen molar-refractivity contribution in [3.63, 3.8) is 0 Å².